The Balaban J connectivity index is 2.52. The van der Waals surface area contributed by atoms with E-state index in [-0.39, 0.29) is 11.3 Å². The Labute approximate surface area is 90.9 Å². The van der Waals surface area contributed by atoms with E-state index < -0.39 is 5.97 Å². The lowest BCUT2D eigenvalue weighted by Crippen LogP contribution is -2.13. The van der Waals surface area contributed by atoms with E-state index >= 15 is 0 Å². The van der Waals surface area contributed by atoms with Gasteiger partial charge in [-0.05, 0) is 19.9 Å². The van der Waals surface area contributed by atoms with Crippen molar-refractivity contribution in [2.24, 2.45) is 0 Å². The van der Waals surface area contributed by atoms with Crippen LogP contribution in [0.15, 0.2) is 17.1 Å². The number of carbonyl (C=O) groups excluding carboxylic acids is 1. The molecule has 0 saturated carbocycles. The highest BCUT2D eigenvalue weighted by Crippen LogP contribution is 2.04. The molecular weight excluding hydrogens is 210 g/mol. The summed E-state index contributed by atoms with van der Waals surface area (Å²) in [6.45, 7) is 3.69. The van der Waals surface area contributed by atoms with Crippen LogP contribution in [0.4, 0.5) is 0 Å². The molecule has 2 aromatic heterocycles. The smallest absolute Gasteiger partial charge is 0.358 e. The quantitative estimate of drug-likeness (QED) is 0.749. The first-order chi connectivity index (χ1) is 7.61. The Bertz CT molecular complexity index is 597. The van der Waals surface area contributed by atoms with Crippen molar-refractivity contribution in [3.8, 4) is 0 Å². The lowest BCUT2D eigenvalue weighted by molar-refractivity contribution is 0.0520. The molecule has 0 fully saturated rings. The van der Waals surface area contributed by atoms with Crippen LogP contribution >= 0.6 is 0 Å². The summed E-state index contributed by atoms with van der Waals surface area (Å²) in [4.78, 5) is 26.8. The second-order valence-corrected chi connectivity index (χ2v) is 3.34. The number of aryl methyl sites for hydroxylation is 1. The van der Waals surface area contributed by atoms with Crippen LogP contribution < -0.4 is 5.56 Å². The number of aromatic nitrogens is 3. The zero-order valence-electron chi connectivity index (χ0n) is 8.98. The minimum absolute atomic E-state index is 0.183. The average molecular weight is 221 g/mol. The summed E-state index contributed by atoms with van der Waals surface area (Å²) < 4.78 is 6.22. The van der Waals surface area contributed by atoms with Crippen molar-refractivity contribution in [2.75, 3.05) is 6.61 Å². The van der Waals surface area contributed by atoms with Crippen LogP contribution in [0.25, 0.3) is 5.65 Å². The normalized spacial score (nSPS) is 10.6. The molecule has 1 N–H and O–H groups in total. The molecule has 0 radical (unpaired) electrons. The van der Waals surface area contributed by atoms with Crippen molar-refractivity contribution in [3.05, 3.63) is 33.9 Å². The summed E-state index contributed by atoms with van der Waals surface area (Å²) in [6, 6.07) is 1.61. The Morgan fingerprint density at radius 1 is 1.62 bits per heavy atom. The molecular formula is C10H11N3O3. The predicted octanol–water partition coefficient (Wildman–Crippen LogP) is 0.508. The van der Waals surface area contributed by atoms with Crippen molar-refractivity contribution < 1.29 is 9.53 Å². The number of nitrogens with zero attached hydrogens (tertiary/aromatic N) is 2. The molecule has 0 amide bonds. The maximum absolute atomic E-state index is 11.4. The van der Waals surface area contributed by atoms with Gasteiger partial charge in [0.1, 0.15) is 0 Å². The monoisotopic (exact) mass is 221 g/mol. The molecule has 0 spiro atoms. The highest BCUT2D eigenvalue weighted by atomic mass is 16.5. The molecule has 2 rings (SSSR count). The number of imidazole rings is 1. The van der Waals surface area contributed by atoms with Crippen LogP contribution in [0, 0.1) is 6.92 Å². The lowest BCUT2D eigenvalue weighted by Gasteiger charge is -1.94. The van der Waals surface area contributed by atoms with Gasteiger partial charge in [0.05, 0.1) is 12.8 Å². The van der Waals surface area contributed by atoms with Crippen LogP contribution in [-0.2, 0) is 4.74 Å². The number of nitrogens with one attached hydrogen (secondary N) is 1. The Morgan fingerprint density at radius 2 is 2.38 bits per heavy atom. The zero-order chi connectivity index (χ0) is 11.7. The molecule has 0 atom stereocenters. The fourth-order valence-corrected chi connectivity index (χ4v) is 1.35. The molecule has 2 heterocycles. The number of ether oxygens (including phenoxy) is 1. The lowest BCUT2D eigenvalue weighted by atomic mass is 10.3. The molecule has 6 heteroatoms. The fourth-order valence-electron chi connectivity index (χ4n) is 1.35. The minimum atomic E-state index is -0.496. The molecule has 0 saturated heterocycles. The van der Waals surface area contributed by atoms with Crippen molar-refractivity contribution >= 4 is 11.6 Å². The number of hydrogen-bond donors (Lipinski definition) is 1. The number of rotatable bonds is 2. The number of esters is 1. The average Bonchev–Trinajstić information content (AvgIpc) is 2.62. The third-order valence-electron chi connectivity index (χ3n) is 2.14. The van der Waals surface area contributed by atoms with E-state index in [1.54, 1.807) is 19.9 Å². The standard InChI is InChI=1S/C10H11N3O3/c1-3-16-10(15)7-5-13-8(11-7)4-6(2)9(14)12-13/h4-5H,3H2,1-2H3,(H,12,14). The van der Waals surface area contributed by atoms with E-state index in [0.717, 1.165) is 0 Å². The number of aromatic amines is 1. The number of hydrogen-bond acceptors (Lipinski definition) is 4. The Morgan fingerprint density at radius 3 is 3.06 bits per heavy atom. The second-order valence-electron chi connectivity index (χ2n) is 3.34. The van der Waals surface area contributed by atoms with Crippen molar-refractivity contribution in [2.45, 2.75) is 13.8 Å². The number of fused-ring (bicyclic) bond motifs is 1. The Hall–Kier alpha value is -2.11. The SMILES string of the molecule is CCOC(=O)c1cn2[nH]c(=O)c(C)cc2n1. The molecule has 0 aromatic carbocycles. The fraction of sp³-hybridized carbons (Fsp3) is 0.300. The summed E-state index contributed by atoms with van der Waals surface area (Å²) in [7, 11) is 0. The number of H-pyrrole nitrogens is 1. The van der Waals surface area contributed by atoms with Gasteiger partial charge in [-0.1, -0.05) is 0 Å². The maximum Gasteiger partial charge on any atom is 0.358 e. The van der Waals surface area contributed by atoms with Gasteiger partial charge in [-0.25, -0.2) is 14.3 Å². The third kappa shape index (κ3) is 1.69. The van der Waals surface area contributed by atoms with Crippen molar-refractivity contribution in [1.82, 2.24) is 14.6 Å². The molecule has 0 aliphatic heterocycles. The predicted molar refractivity (Wildman–Crippen MR) is 56.5 cm³/mol. The van der Waals surface area contributed by atoms with Crippen LogP contribution in [0.3, 0.4) is 0 Å². The molecule has 0 unspecified atom stereocenters. The van der Waals surface area contributed by atoms with Gasteiger partial charge in [0, 0.05) is 5.56 Å². The Kier molecular flexibility index (Phi) is 2.47. The van der Waals surface area contributed by atoms with Gasteiger partial charge in [-0.3, -0.25) is 9.89 Å². The van der Waals surface area contributed by atoms with E-state index in [4.69, 9.17) is 4.74 Å². The van der Waals surface area contributed by atoms with E-state index in [1.165, 1.54) is 10.7 Å². The van der Waals surface area contributed by atoms with Gasteiger partial charge >= 0.3 is 5.97 Å². The zero-order valence-corrected chi connectivity index (χ0v) is 8.98. The van der Waals surface area contributed by atoms with Gasteiger partial charge in [-0.15, -0.1) is 0 Å². The summed E-state index contributed by atoms with van der Waals surface area (Å²) in [5, 5.41) is 2.57. The maximum atomic E-state index is 11.4. The summed E-state index contributed by atoms with van der Waals surface area (Å²) >= 11 is 0. The molecule has 0 aliphatic carbocycles. The first kappa shape index (κ1) is 10.4. The van der Waals surface area contributed by atoms with Gasteiger partial charge in [0.2, 0.25) is 0 Å². The van der Waals surface area contributed by atoms with Crippen LogP contribution in [0.5, 0.6) is 0 Å². The third-order valence-corrected chi connectivity index (χ3v) is 2.14. The van der Waals surface area contributed by atoms with E-state index in [2.05, 4.69) is 10.1 Å². The first-order valence-electron chi connectivity index (χ1n) is 4.88. The molecule has 6 nitrogen and oxygen atoms in total. The number of carbonyl (C=O) groups is 1. The highest BCUT2D eigenvalue weighted by Gasteiger charge is 2.12. The van der Waals surface area contributed by atoms with Crippen LogP contribution in [0.2, 0.25) is 0 Å². The first-order valence-corrected chi connectivity index (χ1v) is 4.88. The van der Waals surface area contributed by atoms with E-state index in [1.807, 2.05) is 0 Å². The van der Waals surface area contributed by atoms with Gasteiger partial charge < -0.3 is 4.74 Å². The van der Waals surface area contributed by atoms with E-state index in [0.29, 0.717) is 17.8 Å². The van der Waals surface area contributed by atoms with Crippen LogP contribution in [-0.4, -0.2) is 27.2 Å². The van der Waals surface area contributed by atoms with E-state index in [9.17, 15) is 9.59 Å². The largest absolute Gasteiger partial charge is 0.461 e. The van der Waals surface area contributed by atoms with Crippen molar-refractivity contribution in [1.29, 1.82) is 0 Å². The molecule has 2 aromatic rings. The minimum Gasteiger partial charge on any atom is -0.461 e. The van der Waals surface area contributed by atoms with Gasteiger partial charge in [0.25, 0.3) is 5.56 Å². The second kappa shape index (κ2) is 3.80. The highest BCUT2D eigenvalue weighted by molar-refractivity contribution is 5.87. The topological polar surface area (TPSA) is 76.5 Å². The summed E-state index contributed by atoms with van der Waals surface area (Å²) in [5.41, 5.74) is 1.04. The van der Waals surface area contributed by atoms with Gasteiger partial charge in [0.15, 0.2) is 11.3 Å². The van der Waals surface area contributed by atoms with Crippen LogP contribution in [0.1, 0.15) is 23.0 Å². The summed E-state index contributed by atoms with van der Waals surface area (Å²) in [6.07, 6.45) is 1.44. The molecule has 0 aliphatic rings. The van der Waals surface area contributed by atoms with Gasteiger partial charge in [-0.2, -0.15) is 0 Å². The van der Waals surface area contributed by atoms with Crippen molar-refractivity contribution in [3.63, 3.8) is 0 Å². The summed E-state index contributed by atoms with van der Waals surface area (Å²) in [5.74, 6) is -0.496. The molecule has 84 valence electrons. The molecule has 16 heavy (non-hydrogen) atoms. The molecule has 0 bridgehead atoms.